The molecule has 1 aromatic carbocycles. The van der Waals surface area contributed by atoms with E-state index in [1.807, 2.05) is 24.3 Å². The molecule has 3 aromatic rings. The van der Waals surface area contributed by atoms with Crippen molar-refractivity contribution < 1.29 is 4.79 Å². The molecule has 0 fully saturated rings. The molecule has 3 rings (SSSR count). The average Bonchev–Trinajstić information content (AvgIpc) is 3.01. The van der Waals surface area contributed by atoms with E-state index in [9.17, 15) is 4.79 Å². The maximum absolute atomic E-state index is 12.1. The van der Waals surface area contributed by atoms with Gasteiger partial charge in [0.2, 0.25) is 5.91 Å². The molecule has 6 nitrogen and oxygen atoms in total. The molecule has 2 heterocycles. The van der Waals surface area contributed by atoms with E-state index in [2.05, 4.69) is 51.7 Å². The first-order valence-electron chi connectivity index (χ1n) is 8.31. The third-order valence-electron chi connectivity index (χ3n) is 3.71. The van der Waals surface area contributed by atoms with Crippen molar-refractivity contribution in [2.75, 3.05) is 18.1 Å². The second-order valence-electron chi connectivity index (χ2n) is 5.96. The number of nitrogens with one attached hydrogen (secondary N) is 1. The minimum atomic E-state index is -0.00557. The van der Waals surface area contributed by atoms with Crippen LogP contribution in [0.25, 0.3) is 5.78 Å². The summed E-state index contributed by atoms with van der Waals surface area (Å²) >= 11 is 3.11. The van der Waals surface area contributed by atoms with E-state index in [4.69, 9.17) is 0 Å². The zero-order valence-electron chi connectivity index (χ0n) is 15.0. The maximum Gasteiger partial charge on any atom is 0.256 e. The number of amides is 1. The van der Waals surface area contributed by atoms with Crippen molar-refractivity contribution in [3.05, 3.63) is 47.3 Å². The molecule has 0 spiro atoms. The summed E-state index contributed by atoms with van der Waals surface area (Å²) in [7, 11) is 0. The number of hydrogen-bond acceptors (Lipinski definition) is 6. The first kappa shape index (κ1) is 18.7. The van der Waals surface area contributed by atoms with Gasteiger partial charge in [-0.15, -0.1) is 22.0 Å². The van der Waals surface area contributed by atoms with E-state index in [0.29, 0.717) is 23.2 Å². The number of nitrogens with zero attached hydrogens (tertiary/aromatic N) is 4. The van der Waals surface area contributed by atoms with Gasteiger partial charge in [-0.3, -0.25) is 9.20 Å². The van der Waals surface area contributed by atoms with Gasteiger partial charge in [0, 0.05) is 28.6 Å². The number of rotatable bonds is 7. The van der Waals surface area contributed by atoms with Crippen molar-refractivity contribution in [3.8, 4) is 0 Å². The molecule has 1 N–H and O–H groups in total. The third-order valence-corrected chi connectivity index (χ3v) is 5.65. The maximum atomic E-state index is 12.1. The Kier molecular flexibility index (Phi) is 6.16. The lowest BCUT2D eigenvalue weighted by atomic mass is 10.2. The largest absolute Gasteiger partial charge is 0.355 e. The zero-order chi connectivity index (χ0) is 18.5. The molecule has 0 aliphatic rings. The van der Waals surface area contributed by atoms with E-state index in [1.54, 1.807) is 11.8 Å². The van der Waals surface area contributed by atoms with Crippen LogP contribution in [-0.4, -0.2) is 43.5 Å². The highest BCUT2D eigenvalue weighted by molar-refractivity contribution is 7.99. The fourth-order valence-corrected chi connectivity index (χ4v) is 4.05. The highest BCUT2D eigenvalue weighted by Crippen LogP contribution is 2.19. The number of hydrogen-bond donors (Lipinski definition) is 1. The Bertz CT molecular complexity index is 908. The van der Waals surface area contributed by atoms with Crippen LogP contribution in [0.2, 0.25) is 0 Å². The smallest absolute Gasteiger partial charge is 0.256 e. The normalized spacial score (nSPS) is 11.0. The van der Waals surface area contributed by atoms with Gasteiger partial charge in [0.25, 0.3) is 5.78 Å². The second-order valence-corrected chi connectivity index (χ2v) is 8.07. The molecule has 8 heteroatoms. The van der Waals surface area contributed by atoms with Gasteiger partial charge in [-0.25, -0.2) is 4.98 Å². The van der Waals surface area contributed by atoms with Gasteiger partial charge in [0.15, 0.2) is 5.16 Å². The predicted octanol–water partition coefficient (Wildman–Crippen LogP) is 3.05. The summed E-state index contributed by atoms with van der Waals surface area (Å²) in [5.41, 5.74) is 3.17. The Balaban J connectivity index is 1.45. The summed E-state index contributed by atoms with van der Waals surface area (Å²) in [6, 6.07) is 10.4. The Morgan fingerprint density at radius 2 is 1.88 bits per heavy atom. The van der Waals surface area contributed by atoms with Crippen molar-refractivity contribution in [2.45, 2.75) is 30.8 Å². The summed E-state index contributed by atoms with van der Waals surface area (Å²) in [6.45, 7) is 6.62. The van der Waals surface area contributed by atoms with E-state index in [1.165, 1.54) is 22.2 Å². The Morgan fingerprint density at radius 3 is 2.65 bits per heavy atom. The van der Waals surface area contributed by atoms with Crippen LogP contribution in [0.3, 0.4) is 0 Å². The monoisotopic (exact) mass is 387 g/mol. The van der Waals surface area contributed by atoms with E-state index >= 15 is 0 Å². The molecule has 26 heavy (non-hydrogen) atoms. The summed E-state index contributed by atoms with van der Waals surface area (Å²) in [4.78, 5) is 17.6. The molecule has 0 bridgehead atoms. The predicted molar refractivity (Wildman–Crippen MR) is 106 cm³/mol. The number of aromatic nitrogens is 4. The molecular weight excluding hydrogens is 366 g/mol. The van der Waals surface area contributed by atoms with Gasteiger partial charge in [-0.05, 0) is 39.0 Å². The topological polar surface area (TPSA) is 72.2 Å². The summed E-state index contributed by atoms with van der Waals surface area (Å²) in [5, 5.41) is 11.9. The average molecular weight is 388 g/mol. The van der Waals surface area contributed by atoms with E-state index in [0.717, 1.165) is 17.1 Å². The zero-order valence-corrected chi connectivity index (χ0v) is 16.7. The molecule has 2 aromatic heterocycles. The van der Waals surface area contributed by atoms with Crippen LogP contribution in [0.5, 0.6) is 0 Å². The highest BCUT2D eigenvalue weighted by Gasteiger charge is 2.12. The molecule has 136 valence electrons. The molecule has 0 atom stereocenters. The first-order chi connectivity index (χ1) is 12.5. The lowest BCUT2D eigenvalue weighted by molar-refractivity contribution is -0.118. The Morgan fingerprint density at radius 1 is 1.12 bits per heavy atom. The number of aryl methyl sites for hydroxylation is 3. The summed E-state index contributed by atoms with van der Waals surface area (Å²) in [6.07, 6.45) is 0. The van der Waals surface area contributed by atoms with Gasteiger partial charge < -0.3 is 5.32 Å². The molecular formula is C18H21N5OS2. The number of fused-ring (bicyclic) bond motifs is 1. The van der Waals surface area contributed by atoms with Crippen LogP contribution < -0.4 is 5.32 Å². The van der Waals surface area contributed by atoms with Gasteiger partial charge in [0.05, 0.1) is 5.75 Å². The van der Waals surface area contributed by atoms with Gasteiger partial charge >= 0.3 is 0 Å². The SMILES string of the molecule is Cc1ccc(SCCNC(=O)CSc2nnc3nc(C)cc(C)n23)cc1. The van der Waals surface area contributed by atoms with Crippen LogP contribution in [0.1, 0.15) is 17.0 Å². The number of carbonyl (C=O) groups excluding carboxylic acids is 1. The van der Waals surface area contributed by atoms with Crippen LogP contribution in [0, 0.1) is 20.8 Å². The molecule has 0 aliphatic heterocycles. The van der Waals surface area contributed by atoms with Crippen LogP contribution in [0.15, 0.2) is 40.4 Å². The number of thioether (sulfide) groups is 2. The fraction of sp³-hybridized carbons (Fsp3) is 0.333. The standard InChI is InChI=1S/C18H21N5OS2/c1-12-4-6-15(7-5-12)25-9-8-19-16(24)11-26-18-22-21-17-20-13(2)10-14(3)23(17)18/h4-7,10H,8-9,11H2,1-3H3,(H,19,24). The molecule has 1 amide bonds. The van der Waals surface area contributed by atoms with Crippen molar-refractivity contribution >= 4 is 35.2 Å². The summed E-state index contributed by atoms with van der Waals surface area (Å²) in [5.74, 6) is 1.72. The van der Waals surface area contributed by atoms with Crippen molar-refractivity contribution in [1.29, 1.82) is 0 Å². The molecule has 0 saturated heterocycles. The molecule has 0 saturated carbocycles. The Labute approximate surface area is 161 Å². The number of benzene rings is 1. The minimum absolute atomic E-state index is 0.00557. The van der Waals surface area contributed by atoms with E-state index < -0.39 is 0 Å². The minimum Gasteiger partial charge on any atom is -0.355 e. The van der Waals surface area contributed by atoms with Gasteiger partial charge in [-0.1, -0.05) is 29.5 Å². The lowest BCUT2D eigenvalue weighted by Crippen LogP contribution is -2.27. The van der Waals surface area contributed by atoms with Crippen LogP contribution in [-0.2, 0) is 4.79 Å². The Hall–Kier alpha value is -2.06. The third kappa shape index (κ3) is 4.76. The van der Waals surface area contributed by atoms with Gasteiger partial charge in [0.1, 0.15) is 0 Å². The second kappa shape index (κ2) is 8.55. The number of carbonyl (C=O) groups is 1. The van der Waals surface area contributed by atoms with Crippen molar-refractivity contribution in [1.82, 2.24) is 24.9 Å². The first-order valence-corrected chi connectivity index (χ1v) is 10.3. The van der Waals surface area contributed by atoms with Crippen molar-refractivity contribution in [3.63, 3.8) is 0 Å². The molecule has 0 aliphatic carbocycles. The quantitative estimate of drug-likeness (QED) is 0.496. The summed E-state index contributed by atoms with van der Waals surface area (Å²) < 4.78 is 1.87. The van der Waals surface area contributed by atoms with Crippen LogP contribution >= 0.6 is 23.5 Å². The molecule has 0 unspecified atom stereocenters. The van der Waals surface area contributed by atoms with Crippen LogP contribution in [0.4, 0.5) is 0 Å². The van der Waals surface area contributed by atoms with Crippen molar-refractivity contribution in [2.24, 2.45) is 0 Å². The lowest BCUT2D eigenvalue weighted by Gasteiger charge is -2.06. The highest BCUT2D eigenvalue weighted by atomic mass is 32.2. The van der Waals surface area contributed by atoms with Gasteiger partial charge in [-0.2, -0.15) is 0 Å². The van der Waals surface area contributed by atoms with E-state index in [-0.39, 0.29) is 5.91 Å². The fourth-order valence-electron chi connectivity index (χ4n) is 2.47. The molecule has 0 radical (unpaired) electrons.